The second-order valence-electron chi connectivity index (χ2n) is 7.00. The lowest BCUT2D eigenvalue weighted by molar-refractivity contribution is 0.174. The van der Waals surface area contributed by atoms with E-state index in [0.717, 1.165) is 62.2 Å². The van der Waals surface area contributed by atoms with Gasteiger partial charge in [-0.05, 0) is 30.5 Å². The zero-order valence-corrected chi connectivity index (χ0v) is 18.6. The van der Waals surface area contributed by atoms with Crippen LogP contribution in [-0.2, 0) is 18.4 Å². The number of fused-ring (bicyclic) bond motifs is 1. The number of rotatable bonds is 7. The minimum Gasteiger partial charge on any atom is -0.454 e. The van der Waals surface area contributed by atoms with Gasteiger partial charge in [0.05, 0.1) is 0 Å². The first kappa shape index (κ1) is 20.7. The number of aliphatic imine (C=N–C) groups is 1. The van der Waals surface area contributed by atoms with Crippen LogP contribution < -0.4 is 20.1 Å². The molecule has 0 radical (unpaired) electrons. The zero-order chi connectivity index (χ0) is 18.7. The monoisotopic (exact) mass is 498 g/mol. The predicted octanol–water partition coefficient (Wildman–Crippen LogP) is 2.08. The van der Waals surface area contributed by atoms with Crippen LogP contribution in [0.3, 0.4) is 0 Å². The minimum absolute atomic E-state index is 0. The molecule has 1 aliphatic carbocycles. The van der Waals surface area contributed by atoms with E-state index in [1.807, 2.05) is 6.07 Å². The van der Waals surface area contributed by atoms with Crippen molar-refractivity contribution in [1.29, 1.82) is 0 Å². The number of benzene rings is 1. The maximum Gasteiger partial charge on any atom is 0.231 e. The van der Waals surface area contributed by atoms with Gasteiger partial charge in [-0.1, -0.05) is 13.0 Å². The number of aromatic nitrogens is 3. The summed E-state index contributed by atoms with van der Waals surface area (Å²) in [5.74, 6) is 3.50. The molecule has 4 rings (SSSR count). The van der Waals surface area contributed by atoms with Crippen LogP contribution in [0.25, 0.3) is 0 Å². The minimum atomic E-state index is 0. The molecular formula is C19H27IN6O2. The summed E-state index contributed by atoms with van der Waals surface area (Å²) < 4.78 is 13.0. The third-order valence-corrected chi connectivity index (χ3v) is 5.31. The number of nitrogens with zero attached hydrogens (tertiary/aromatic N) is 4. The Bertz CT molecular complexity index is 834. The number of aryl methyl sites for hydroxylation is 1. The highest BCUT2D eigenvalue weighted by Crippen LogP contribution is 2.49. The molecule has 0 bridgehead atoms. The molecule has 2 N–H and O–H groups in total. The summed E-state index contributed by atoms with van der Waals surface area (Å²) in [4.78, 5) is 4.34. The lowest BCUT2D eigenvalue weighted by Gasteiger charge is -2.19. The number of ether oxygens (including phenoxy) is 2. The maximum atomic E-state index is 5.52. The van der Waals surface area contributed by atoms with Gasteiger partial charge in [-0.15, -0.1) is 34.2 Å². The van der Waals surface area contributed by atoms with Crippen LogP contribution in [0, 0.1) is 0 Å². The lowest BCUT2D eigenvalue weighted by atomic mass is 9.95. The molecule has 0 amide bonds. The highest BCUT2D eigenvalue weighted by molar-refractivity contribution is 14.0. The van der Waals surface area contributed by atoms with Crippen LogP contribution in [-0.4, -0.2) is 47.7 Å². The summed E-state index contributed by atoms with van der Waals surface area (Å²) in [6.45, 7) is 4.82. The number of guanidine groups is 1. The molecular weight excluding hydrogens is 471 g/mol. The van der Waals surface area contributed by atoms with E-state index in [0.29, 0.717) is 6.79 Å². The van der Waals surface area contributed by atoms with Crippen molar-refractivity contribution in [3.05, 3.63) is 35.9 Å². The van der Waals surface area contributed by atoms with Crippen LogP contribution >= 0.6 is 24.0 Å². The van der Waals surface area contributed by atoms with Crippen LogP contribution in [0.1, 0.15) is 31.2 Å². The van der Waals surface area contributed by atoms with Crippen molar-refractivity contribution >= 4 is 29.9 Å². The molecule has 0 saturated heterocycles. The van der Waals surface area contributed by atoms with Gasteiger partial charge in [0.2, 0.25) is 6.79 Å². The van der Waals surface area contributed by atoms with Gasteiger partial charge in [-0.25, -0.2) is 0 Å². The number of halogens is 1. The van der Waals surface area contributed by atoms with Crippen molar-refractivity contribution < 1.29 is 9.47 Å². The SMILES string of the molecule is CCc1nncn1CCNC(=NC)NCC1(c2ccc3c(c2)OCO3)CC1.I. The Morgan fingerprint density at radius 3 is 2.82 bits per heavy atom. The summed E-state index contributed by atoms with van der Waals surface area (Å²) in [5, 5.41) is 14.9. The van der Waals surface area contributed by atoms with Crippen LogP contribution in [0.4, 0.5) is 0 Å². The van der Waals surface area contributed by atoms with Gasteiger partial charge in [0.15, 0.2) is 17.5 Å². The van der Waals surface area contributed by atoms with Crippen LogP contribution in [0.5, 0.6) is 11.5 Å². The van der Waals surface area contributed by atoms with Crippen molar-refractivity contribution in [2.24, 2.45) is 4.99 Å². The fraction of sp³-hybridized carbons (Fsp3) is 0.526. The molecule has 0 unspecified atom stereocenters. The molecule has 8 nitrogen and oxygen atoms in total. The molecule has 2 heterocycles. The molecule has 1 fully saturated rings. The molecule has 2 aromatic rings. The quantitative estimate of drug-likeness (QED) is 0.346. The highest BCUT2D eigenvalue weighted by Gasteiger charge is 2.44. The fourth-order valence-corrected chi connectivity index (χ4v) is 3.45. The highest BCUT2D eigenvalue weighted by atomic mass is 127. The second-order valence-corrected chi connectivity index (χ2v) is 7.00. The topological polar surface area (TPSA) is 85.6 Å². The van der Waals surface area contributed by atoms with Gasteiger partial charge in [0.25, 0.3) is 0 Å². The van der Waals surface area contributed by atoms with Gasteiger partial charge >= 0.3 is 0 Å². The van der Waals surface area contributed by atoms with Crippen LogP contribution in [0.2, 0.25) is 0 Å². The van der Waals surface area contributed by atoms with Crippen molar-refractivity contribution in [2.75, 3.05) is 26.9 Å². The van der Waals surface area contributed by atoms with Crippen molar-refractivity contribution in [1.82, 2.24) is 25.4 Å². The summed E-state index contributed by atoms with van der Waals surface area (Å²) in [7, 11) is 1.80. The van der Waals surface area contributed by atoms with Gasteiger partial charge < -0.3 is 24.7 Å². The van der Waals surface area contributed by atoms with Gasteiger partial charge in [-0.2, -0.15) is 0 Å². The molecule has 1 aromatic carbocycles. The number of nitrogens with one attached hydrogen (secondary N) is 2. The molecule has 0 spiro atoms. The molecule has 1 saturated carbocycles. The molecule has 1 aromatic heterocycles. The standard InChI is InChI=1S/C19H26N6O2.HI/c1-3-17-24-23-12-25(17)9-8-21-18(20-2)22-11-19(6-7-19)14-4-5-15-16(10-14)27-13-26-15;/h4-5,10,12H,3,6-9,11,13H2,1-2H3,(H2,20,21,22);1H. The van der Waals surface area contributed by atoms with E-state index < -0.39 is 0 Å². The average Bonchev–Trinajstić information content (AvgIpc) is 3.13. The molecule has 9 heteroatoms. The van der Waals surface area contributed by atoms with Crippen LogP contribution in [0.15, 0.2) is 29.5 Å². The van der Waals surface area contributed by atoms with E-state index in [-0.39, 0.29) is 29.4 Å². The Kier molecular flexibility index (Phi) is 6.63. The first-order valence-corrected chi connectivity index (χ1v) is 9.45. The maximum absolute atomic E-state index is 5.52. The largest absolute Gasteiger partial charge is 0.454 e. The third-order valence-electron chi connectivity index (χ3n) is 5.31. The number of hydrogen-bond acceptors (Lipinski definition) is 5. The van der Waals surface area contributed by atoms with Crippen molar-refractivity contribution in [3.63, 3.8) is 0 Å². The molecule has 152 valence electrons. The smallest absolute Gasteiger partial charge is 0.231 e. The Labute approximate surface area is 182 Å². The summed E-state index contributed by atoms with van der Waals surface area (Å²) in [6, 6.07) is 6.28. The summed E-state index contributed by atoms with van der Waals surface area (Å²) >= 11 is 0. The molecule has 1 aliphatic heterocycles. The second kappa shape index (κ2) is 8.97. The Hall–Kier alpha value is -2.04. The van der Waals surface area contributed by atoms with E-state index in [1.54, 1.807) is 13.4 Å². The summed E-state index contributed by atoms with van der Waals surface area (Å²) in [5.41, 5.74) is 1.45. The van der Waals surface area contributed by atoms with E-state index in [4.69, 9.17) is 9.47 Å². The Morgan fingerprint density at radius 2 is 2.07 bits per heavy atom. The van der Waals surface area contributed by atoms with Gasteiger partial charge in [0, 0.05) is 38.5 Å². The average molecular weight is 498 g/mol. The number of hydrogen-bond donors (Lipinski definition) is 2. The van der Waals surface area contributed by atoms with Gasteiger partial charge in [-0.3, -0.25) is 4.99 Å². The van der Waals surface area contributed by atoms with E-state index in [2.05, 4.69) is 49.4 Å². The lowest BCUT2D eigenvalue weighted by Crippen LogP contribution is -2.42. The zero-order valence-electron chi connectivity index (χ0n) is 16.3. The van der Waals surface area contributed by atoms with Gasteiger partial charge in [0.1, 0.15) is 12.2 Å². The first-order valence-electron chi connectivity index (χ1n) is 9.45. The van der Waals surface area contributed by atoms with Crippen molar-refractivity contribution in [3.8, 4) is 11.5 Å². The predicted molar refractivity (Wildman–Crippen MR) is 118 cm³/mol. The Balaban J connectivity index is 0.00000225. The van der Waals surface area contributed by atoms with Crippen molar-refractivity contribution in [2.45, 2.75) is 38.1 Å². The first-order chi connectivity index (χ1) is 13.2. The third kappa shape index (κ3) is 4.34. The Morgan fingerprint density at radius 1 is 1.25 bits per heavy atom. The fourth-order valence-electron chi connectivity index (χ4n) is 3.45. The van der Waals surface area contributed by atoms with E-state index >= 15 is 0 Å². The summed E-state index contributed by atoms with van der Waals surface area (Å²) in [6.07, 6.45) is 4.98. The molecule has 0 atom stereocenters. The normalized spacial score (nSPS) is 16.4. The van der Waals surface area contributed by atoms with E-state index in [1.165, 1.54) is 5.56 Å². The van der Waals surface area contributed by atoms with E-state index in [9.17, 15) is 0 Å². The molecule has 28 heavy (non-hydrogen) atoms. The molecule has 2 aliphatic rings.